The fourth-order valence-corrected chi connectivity index (χ4v) is 1.80. The Bertz CT molecular complexity index is 356. The molecule has 1 heterocycles. The Morgan fingerprint density at radius 1 is 1.60 bits per heavy atom. The lowest BCUT2D eigenvalue weighted by molar-refractivity contribution is 0.0296. The second-order valence-corrected chi connectivity index (χ2v) is 3.75. The van der Waals surface area contributed by atoms with Gasteiger partial charge in [-0.25, -0.2) is 4.39 Å². The first-order valence-electron chi connectivity index (χ1n) is 5.04. The van der Waals surface area contributed by atoms with Gasteiger partial charge in [0.2, 0.25) is 0 Å². The number of aliphatic hydroxyl groups excluding tert-OH is 1. The highest BCUT2D eigenvalue weighted by atomic mass is 19.1. The molecule has 1 aromatic rings. The van der Waals surface area contributed by atoms with Gasteiger partial charge in [0.05, 0.1) is 0 Å². The third-order valence-electron chi connectivity index (χ3n) is 2.67. The molecule has 15 heavy (non-hydrogen) atoms. The molecule has 2 atom stereocenters. The van der Waals surface area contributed by atoms with Crippen LogP contribution in [-0.4, -0.2) is 23.9 Å². The van der Waals surface area contributed by atoms with Crippen molar-refractivity contribution in [2.24, 2.45) is 5.73 Å². The second kappa shape index (κ2) is 4.16. The topological polar surface area (TPSA) is 55.5 Å². The molecule has 0 spiro atoms. The van der Waals surface area contributed by atoms with E-state index in [4.69, 9.17) is 10.5 Å². The van der Waals surface area contributed by atoms with E-state index in [1.54, 1.807) is 6.07 Å². The minimum Gasteiger partial charge on any atom is -0.487 e. The van der Waals surface area contributed by atoms with Gasteiger partial charge in [-0.3, -0.25) is 0 Å². The van der Waals surface area contributed by atoms with Crippen LogP contribution in [0.25, 0.3) is 0 Å². The highest BCUT2D eigenvalue weighted by Crippen LogP contribution is 2.29. The smallest absolute Gasteiger partial charge is 0.126 e. The van der Waals surface area contributed by atoms with Crippen LogP contribution in [0.2, 0.25) is 0 Å². The quantitative estimate of drug-likeness (QED) is 0.762. The number of halogens is 1. The molecule has 0 aromatic heterocycles. The highest BCUT2D eigenvalue weighted by molar-refractivity contribution is 5.35. The zero-order valence-corrected chi connectivity index (χ0v) is 8.32. The van der Waals surface area contributed by atoms with Crippen LogP contribution in [0.5, 0.6) is 5.75 Å². The average Bonchev–Trinajstić information content (AvgIpc) is 2.27. The maximum atomic E-state index is 12.9. The first-order chi connectivity index (χ1) is 7.20. The van der Waals surface area contributed by atoms with Gasteiger partial charge >= 0.3 is 0 Å². The normalized spacial score (nSPS) is 21.7. The van der Waals surface area contributed by atoms with Crippen LogP contribution in [-0.2, 0) is 6.42 Å². The number of hydrogen-bond donors (Lipinski definition) is 2. The summed E-state index contributed by atoms with van der Waals surface area (Å²) in [5, 5.41) is 9.54. The maximum Gasteiger partial charge on any atom is 0.126 e. The van der Waals surface area contributed by atoms with Gasteiger partial charge < -0.3 is 15.6 Å². The van der Waals surface area contributed by atoms with Crippen LogP contribution in [0.1, 0.15) is 12.0 Å². The molecule has 1 aromatic carbocycles. The van der Waals surface area contributed by atoms with E-state index in [9.17, 15) is 9.50 Å². The predicted molar refractivity (Wildman–Crippen MR) is 54.2 cm³/mol. The first kappa shape index (κ1) is 10.4. The van der Waals surface area contributed by atoms with Gasteiger partial charge in [-0.1, -0.05) is 0 Å². The fraction of sp³-hybridized carbons (Fsp3) is 0.455. The molecule has 1 aliphatic heterocycles. The van der Waals surface area contributed by atoms with Crippen molar-refractivity contribution in [1.82, 2.24) is 0 Å². The Balaban J connectivity index is 2.16. The number of ether oxygens (including phenoxy) is 1. The van der Waals surface area contributed by atoms with E-state index in [0.29, 0.717) is 12.2 Å². The number of aryl methyl sites for hydroxylation is 1. The zero-order chi connectivity index (χ0) is 10.8. The van der Waals surface area contributed by atoms with Gasteiger partial charge in [-0.2, -0.15) is 0 Å². The monoisotopic (exact) mass is 211 g/mol. The van der Waals surface area contributed by atoms with Gasteiger partial charge in [0.25, 0.3) is 0 Å². The first-order valence-corrected chi connectivity index (χ1v) is 5.04. The Kier molecular flexibility index (Phi) is 2.88. The number of aliphatic hydroxyl groups is 1. The molecular formula is C11H14FNO2. The summed E-state index contributed by atoms with van der Waals surface area (Å²) >= 11 is 0. The fourth-order valence-electron chi connectivity index (χ4n) is 1.80. The maximum absolute atomic E-state index is 12.9. The Morgan fingerprint density at radius 2 is 2.40 bits per heavy atom. The number of nitrogens with two attached hydrogens (primary N) is 1. The molecule has 3 N–H and O–H groups in total. The van der Waals surface area contributed by atoms with Crippen molar-refractivity contribution in [1.29, 1.82) is 0 Å². The summed E-state index contributed by atoms with van der Waals surface area (Å²) in [5.74, 6) is 0.398. The van der Waals surface area contributed by atoms with Crippen LogP contribution in [0.15, 0.2) is 18.2 Å². The second-order valence-electron chi connectivity index (χ2n) is 3.75. The SMILES string of the molecule is NC[C@H](O)[C@@H]1CCc2cc(F)ccc2O1. The predicted octanol–water partition coefficient (Wildman–Crippen LogP) is 0.839. The third kappa shape index (κ3) is 2.11. The Morgan fingerprint density at radius 3 is 3.13 bits per heavy atom. The van der Waals surface area contributed by atoms with Crippen molar-refractivity contribution in [3.63, 3.8) is 0 Å². The summed E-state index contributed by atoms with van der Waals surface area (Å²) in [6.07, 6.45) is 0.472. The summed E-state index contributed by atoms with van der Waals surface area (Å²) in [7, 11) is 0. The lowest BCUT2D eigenvalue weighted by Gasteiger charge is -2.28. The molecule has 0 unspecified atom stereocenters. The van der Waals surface area contributed by atoms with E-state index in [2.05, 4.69) is 0 Å². The molecular weight excluding hydrogens is 197 g/mol. The van der Waals surface area contributed by atoms with E-state index in [-0.39, 0.29) is 18.5 Å². The third-order valence-corrected chi connectivity index (χ3v) is 2.67. The van der Waals surface area contributed by atoms with Crippen molar-refractivity contribution in [3.8, 4) is 5.75 Å². The lowest BCUT2D eigenvalue weighted by atomic mass is 9.99. The van der Waals surface area contributed by atoms with E-state index < -0.39 is 6.10 Å². The van der Waals surface area contributed by atoms with Crippen LogP contribution < -0.4 is 10.5 Å². The standard InChI is InChI=1S/C11H14FNO2/c12-8-2-4-10-7(5-8)1-3-11(15-10)9(14)6-13/h2,4-5,9,11,14H,1,3,6,13H2/t9-,11-/m0/s1. The summed E-state index contributed by atoms with van der Waals surface area (Å²) in [6.45, 7) is 0.182. The molecule has 0 fully saturated rings. The van der Waals surface area contributed by atoms with Gasteiger partial charge in [-0.05, 0) is 36.6 Å². The molecule has 0 radical (unpaired) electrons. The minimum absolute atomic E-state index is 0.182. The van der Waals surface area contributed by atoms with Crippen molar-refractivity contribution in [2.45, 2.75) is 25.0 Å². The molecule has 82 valence electrons. The van der Waals surface area contributed by atoms with Crippen molar-refractivity contribution >= 4 is 0 Å². The van der Waals surface area contributed by atoms with Gasteiger partial charge in [0, 0.05) is 6.54 Å². The summed E-state index contributed by atoms with van der Waals surface area (Å²) < 4.78 is 18.4. The highest BCUT2D eigenvalue weighted by Gasteiger charge is 2.25. The molecule has 0 bridgehead atoms. The molecule has 0 saturated carbocycles. The van der Waals surface area contributed by atoms with Gasteiger partial charge in [-0.15, -0.1) is 0 Å². The van der Waals surface area contributed by atoms with E-state index >= 15 is 0 Å². The Labute approximate surface area is 87.7 Å². The molecule has 0 saturated heterocycles. The van der Waals surface area contributed by atoms with Gasteiger partial charge in [0.15, 0.2) is 0 Å². The van der Waals surface area contributed by atoms with Crippen molar-refractivity contribution in [2.75, 3.05) is 6.54 Å². The minimum atomic E-state index is -0.650. The molecule has 4 heteroatoms. The summed E-state index contributed by atoms with van der Waals surface area (Å²) in [4.78, 5) is 0. The summed E-state index contributed by atoms with van der Waals surface area (Å²) in [6, 6.07) is 4.43. The van der Waals surface area contributed by atoms with Crippen molar-refractivity contribution in [3.05, 3.63) is 29.6 Å². The zero-order valence-electron chi connectivity index (χ0n) is 8.32. The molecule has 0 aliphatic carbocycles. The molecule has 2 rings (SSSR count). The van der Waals surface area contributed by atoms with E-state index in [1.165, 1.54) is 12.1 Å². The Hall–Kier alpha value is -1.13. The number of benzene rings is 1. The lowest BCUT2D eigenvalue weighted by Crippen LogP contribution is -2.39. The van der Waals surface area contributed by atoms with Crippen LogP contribution in [0.4, 0.5) is 4.39 Å². The number of fused-ring (bicyclic) bond motifs is 1. The van der Waals surface area contributed by atoms with Crippen LogP contribution >= 0.6 is 0 Å². The van der Waals surface area contributed by atoms with Gasteiger partial charge in [0.1, 0.15) is 23.8 Å². The number of rotatable bonds is 2. The van der Waals surface area contributed by atoms with Crippen LogP contribution in [0.3, 0.4) is 0 Å². The van der Waals surface area contributed by atoms with Crippen LogP contribution in [0, 0.1) is 5.82 Å². The summed E-state index contributed by atoms with van der Waals surface area (Å²) in [5.41, 5.74) is 6.21. The molecule has 1 aliphatic rings. The number of hydrogen-bond acceptors (Lipinski definition) is 3. The van der Waals surface area contributed by atoms with Crippen molar-refractivity contribution < 1.29 is 14.2 Å². The average molecular weight is 211 g/mol. The molecule has 3 nitrogen and oxygen atoms in total. The van der Waals surface area contributed by atoms with E-state index in [0.717, 1.165) is 12.0 Å². The largest absolute Gasteiger partial charge is 0.487 e. The molecule has 0 amide bonds. The van der Waals surface area contributed by atoms with E-state index in [1.807, 2.05) is 0 Å².